The summed E-state index contributed by atoms with van der Waals surface area (Å²) in [5.74, 6) is 0.265. The first-order valence-corrected chi connectivity index (χ1v) is 7.10. The Hall–Kier alpha value is -2.53. The summed E-state index contributed by atoms with van der Waals surface area (Å²) in [6, 6.07) is 9.32. The molecule has 0 spiro atoms. The minimum Gasteiger partial charge on any atom is -0.370 e. The van der Waals surface area contributed by atoms with Crippen LogP contribution in [0.3, 0.4) is 0 Å². The summed E-state index contributed by atoms with van der Waals surface area (Å²) in [5, 5.41) is 20.4. The number of piperidine rings is 1. The van der Waals surface area contributed by atoms with Crippen molar-refractivity contribution >= 4 is 17.3 Å². The molecule has 0 aromatic heterocycles. The molecule has 1 heterocycles. The van der Waals surface area contributed by atoms with Gasteiger partial charge in [0.2, 0.25) is 5.91 Å². The molecule has 1 amide bonds. The summed E-state index contributed by atoms with van der Waals surface area (Å²) in [6.07, 6.45) is 2.17. The number of rotatable bonds is 3. The zero-order valence-corrected chi connectivity index (χ0v) is 12.1. The van der Waals surface area contributed by atoms with Crippen LogP contribution in [0.4, 0.5) is 11.4 Å². The van der Waals surface area contributed by atoms with E-state index in [-0.39, 0.29) is 12.3 Å². The highest BCUT2D eigenvalue weighted by Gasteiger charge is 2.19. The van der Waals surface area contributed by atoms with Gasteiger partial charge in [-0.05, 0) is 37.0 Å². The first-order valence-electron chi connectivity index (χ1n) is 7.10. The number of benzene rings is 1. The van der Waals surface area contributed by atoms with Gasteiger partial charge in [0.1, 0.15) is 12.5 Å². The van der Waals surface area contributed by atoms with E-state index in [9.17, 15) is 10.1 Å². The van der Waals surface area contributed by atoms with Crippen molar-refractivity contribution in [1.82, 2.24) is 0 Å². The Kier molecular flexibility index (Phi) is 4.79. The monoisotopic (exact) mass is 282 g/mol. The maximum Gasteiger partial charge on any atom is 0.238 e. The number of nitrogens with zero attached hydrogens (tertiary/aromatic N) is 3. The molecule has 5 heteroatoms. The fourth-order valence-corrected chi connectivity index (χ4v) is 2.66. The average Bonchev–Trinajstić information content (AvgIpc) is 2.47. The molecule has 1 aromatic rings. The van der Waals surface area contributed by atoms with Crippen molar-refractivity contribution in [3.05, 3.63) is 23.8 Å². The second-order valence-electron chi connectivity index (χ2n) is 5.42. The summed E-state index contributed by atoms with van der Waals surface area (Å²) >= 11 is 0. The summed E-state index contributed by atoms with van der Waals surface area (Å²) in [7, 11) is 0. The van der Waals surface area contributed by atoms with Crippen molar-refractivity contribution in [3.63, 3.8) is 0 Å². The van der Waals surface area contributed by atoms with E-state index in [1.54, 1.807) is 18.2 Å². The van der Waals surface area contributed by atoms with Gasteiger partial charge in [0.15, 0.2) is 0 Å². The van der Waals surface area contributed by atoms with Gasteiger partial charge in [-0.25, -0.2) is 0 Å². The molecule has 1 unspecified atom stereocenters. The second kappa shape index (κ2) is 6.76. The highest BCUT2D eigenvalue weighted by Crippen LogP contribution is 2.28. The second-order valence-corrected chi connectivity index (χ2v) is 5.42. The van der Waals surface area contributed by atoms with Crippen LogP contribution < -0.4 is 10.2 Å². The van der Waals surface area contributed by atoms with Crippen LogP contribution in [0.5, 0.6) is 0 Å². The highest BCUT2D eigenvalue weighted by atomic mass is 16.1. The summed E-state index contributed by atoms with van der Waals surface area (Å²) in [6.45, 7) is 4.13. The first kappa shape index (κ1) is 14.9. The largest absolute Gasteiger partial charge is 0.370 e. The molecule has 1 saturated heterocycles. The minimum atomic E-state index is -0.360. The predicted octanol–water partition coefficient (Wildman–Crippen LogP) is 2.65. The van der Waals surface area contributed by atoms with Crippen LogP contribution in [-0.2, 0) is 4.79 Å². The Labute approximate surface area is 124 Å². The quantitative estimate of drug-likeness (QED) is 0.924. The molecule has 0 bridgehead atoms. The summed E-state index contributed by atoms with van der Waals surface area (Å²) < 4.78 is 0. The lowest BCUT2D eigenvalue weighted by molar-refractivity contribution is -0.115. The smallest absolute Gasteiger partial charge is 0.238 e. The Morgan fingerprint density at radius 1 is 1.48 bits per heavy atom. The predicted molar refractivity (Wildman–Crippen MR) is 80.6 cm³/mol. The van der Waals surface area contributed by atoms with Gasteiger partial charge < -0.3 is 10.2 Å². The van der Waals surface area contributed by atoms with Crippen molar-refractivity contribution in [2.45, 2.75) is 26.2 Å². The molecular formula is C16H18N4O. The lowest BCUT2D eigenvalue weighted by Gasteiger charge is -2.33. The number of carbonyl (C=O) groups excluding carboxylic acids is 1. The number of nitrogens with one attached hydrogen (secondary N) is 1. The molecular weight excluding hydrogens is 264 g/mol. The van der Waals surface area contributed by atoms with Gasteiger partial charge in [0.25, 0.3) is 0 Å². The maximum absolute atomic E-state index is 11.4. The van der Waals surface area contributed by atoms with Crippen LogP contribution in [0.2, 0.25) is 0 Å². The molecule has 1 aliphatic rings. The van der Waals surface area contributed by atoms with Gasteiger partial charge in [-0.15, -0.1) is 0 Å². The van der Waals surface area contributed by atoms with E-state index in [4.69, 9.17) is 5.26 Å². The van der Waals surface area contributed by atoms with Crippen LogP contribution in [0.25, 0.3) is 0 Å². The van der Waals surface area contributed by atoms with E-state index in [1.807, 2.05) is 6.07 Å². The van der Waals surface area contributed by atoms with Gasteiger partial charge in [-0.2, -0.15) is 10.5 Å². The van der Waals surface area contributed by atoms with Crippen LogP contribution in [0.1, 0.15) is 31.7 Å². The van der Waals surface area contributed by atoms with Gasteiger partial charge in [-0.3, -0.25) is 4.79 Å². The van der Waals surface area contributed by atoms with Crippen molar-refractivity contribution in [3.8, 4) is 12.1 Å². The normalized spacial score (nSPS) is 17.7. The van der Waals surface area contributed by atoms with Crippen LogP contribution >= 0.6 is 0 Å². The molecule has 0 saturated carbocycles. The molecule has 5 nitrogen and oxygen atoms in total. The number of hydrogen-bond donors (Lipinski definition) is 1. The summed E-state index contributed by atoms with van der Waals surface area (Å²) in [5.41, 5.74) is 2.03. The molecule has 1 fully saturated rings. The van der Waals surface area contributed by atoms with Crippen LogP contribution in [0.15, 0.2) is 18.2 Å². The molecule has 2 rings (SSSR count). The fraction of sp³-hybridized carbons (Fsp3) is 0.438. The van der Waals surface area contributed by atoms with Gasteiger partial charge in [-0.1, -0.05) is 6.92 Å². The van der Waals surface area contributed by atoms with Crippen molar-refractivity contribution < 1.29 is 4.79 Å². The third-order valence-corrected chi connectivity index (χ3v) is 3.64. The Morgan fingerprint density at radius 2 is 2.29 bits per heavy atom. The van der Waals surface area contributed by atoms with Crippen molar-refractivity contribution in [2.24, 2.45) is 5.92 Å². The zero-order chi connectivity index (χ0) is 15.2. The van der Waals surface area contributed by atoms with Gasteiger partial charge >= 0.3 is 0 Å². The standard InChI is InChI=1S/C16H18N4O/c1-12-3-2-8-20(11-12)15-5-4-14(9-13(15)10-18)19-16(21)6-7-17/h4-5,9,12H,2-3,6,8,11H2,1H3,(H,19,21). The van der Waals surface area contributed by atoms with E-state index in [2.05, 4.69) is 23.2 Å². The fourth-order valence-electron chi connectivity index (χ4n) is 2.66. The topological polar surface area (TPSA) is 79.9 Å². The maximum atomic E-state index is 11.4. The summed E-state index contributed by atoms with van der Waals surface area (Å²) in [4.78, 5) is 13.6. The van der Waals surface area contributed by atoms with E-state index in [0.29, 0.717) is 17.2 Å². The third-order valence-electron chi connectivity index (χ3n) is 3.64. The molecule has 1 atom stereocenters. The van der Waals surface area contributed by atoms with E-state index in [0.717, 1.165) is 25.2 Å². The number of carbonyl (C=O) groups is 1. The number of hydrogen-bond acceptors (Lipinski definition) is 4. The van der Waals surface area contributed by atoms with Crippen molar-refractivity contribution in [1.29, 1.82) is 10.5 Å². The zero-order valence-electron chi connectivity index (χ0n) is 12.1. The first-order chi connectivity index (χ1) is 10.1. The van der Waals surface area contributed by atoms with E-state index < -0.39 is 0 Å². The van der Waals surface area contributed by atoms with E-state index >= 15 is 0 Å². The van der Waals surface area contributed by atoms with Crippen molar-refractivity contribution in [2.75, 3.05) is 23.3 Å². The van der Waals surface area contributed by atoms with Crippen LogP contribution in [-0.4, -0.2) is 19.0 Å². The highest BCUT2D eigenvalue weighted by molar-refractivity contribution is 5.92. The number of nitriles is 2. The van der Waals surface area contributed by atoms with Gasteiger partial charge in [0, 0.05) is 18.8 Å². The minimum absolute atomic E-state index is 0.187. The number of amides is 1. The molecule has 0 aliphatic carbocycles. The lowest BCUT2D eigenvalue weighted by Crippen LogP contribution is -2.34. The van der Waals surface area contributed by atoms with Crippen LogP contribution in [0, 0.1) is 28.6 Å². The molecule has 0 radical (unpaired) electrons. The molecule has 108 valence electrons. The van der Waals surface area contributed by atoms with E-state index in [1.165, 1.54) is 6.42 Å². The Morgan fingerprint density at radius 3 is 2.95 bits per heavy atom. The lowest BCUT2D eigenvalue weighted by atomic mass is 9.99. The molecule has 21 heavy (non-hydrogen) atoms. The molecule has 1 aromatic carbocycles. The Balaban J connectivity index is 2.19. The SMILES string of the molecule is CC1CCCN(c2ccc(NC(=O)CC#N)cc2C#N)C1. The molecule has 1 N–H and O–H groups in total. The number of anilines is 2. The average molecular weight is 282 g/mol. The van der Waals surface area contributed by atoms with Gasteiger partial charge in [0.05, 0.1) is 17.3 Å². The Bertz CT molecular complexity index is 612. The third kappa shape index (κ3) is 3.73. The molecule has 1 aliphatic heterocycles.